The summed E-state index contributed by atoms with van der Waals surface area (Å²) >= 11 is 0. The van der Waals surface area contributed by atoms with Gasteiger partial charge in [0.15, 0.2) is 11.6 Å². The maximum absolute atomic E-state index is 12.7. The molecule has 136 valence electrons. The lowest BCUT2D eigenvalue weighted by Gasteiger charge is -2.17. The highest BCUT2D eigenvalue weighted by molar-refractivity contribution is 7.89. The van der Waals surface area contributed by atoms with Gasteiger partial charge in [-0.2, -0.15) is 9.29 Å². The van der Waals surface area contributed by atoms with Crippen LogP contribution in [0.4, 0.5) is 0 Å². The molecule has 1 saturated carbocycles. The van der Waals surface area contributed by atoms with Gasteiger partial charge in [-0.15, -0.1) is 0 Å². The van der Waals surface area contributed by atoms with E-state index in [0.29, 0.717) is 24.7 Å². The first-order valence-corrected chi connectivity index (χ1v) is 10.1. The second-order valence-electron chi connectivity index (χ2n) is 6.93. The van der Waals surface area contributed by atoms with Crippen LogP contribution >= 0.6 is 0 Å². The van der Waals surface area contributed by atoms with Crippen molar-refractivity contribution in [2.45, 2.75) is 55.9 Å². The van der Waals surface area contributed by atoms with Crippen molar-refractivity contribution in [3.63, 3.8) is 0 Å². The fourth-order valence-corrected chi connectivity index (χ4v) is 5.33. The van der Waals surface area contributed by atoms with E-state index in [1.807, 2.05) is 0 Å². The number of hydrogen-bond acceptors (Lipinski definition) is 7. The number of nitrogens with zero attached hydrogens (tertiary/aromatic N) is 3. The summed E-state index contributed by atoms with van der Waals surface area (Å²) in [6, 6.07) is 1.47. The van der Waals surface area contributed by atoms with E-state index in [-0.39, 0.29) is 16.5 Å². The predicted octanol–water partition coefficient (Wildman–Crippen LogP) is 2.15. The van der Waals surface area contributed by atoms with Crippen molar-refractivity contribution < 1.29 is 17.4 Å². The van der Waals surface area contributed by atoms with Gasteiger partial charge in [-0.1, -0.05) is 18.0 Å². The van der Waals surface area contributed by atoms with Gasteiger partial charge in [0.05, 0.1) is 5.54 Å². The quantitative estimate of drug-likeness (QED) is 0.881. The van der Waals surface area contributed by atoms with E-state index in [1.54, 1.807) is 6.92 Å². The van der Waals surface area contributed by atoms with E-state index in [0.717, 1.165) is 38.5 Å². The van der Waals surface area contributed by atoms with E-state index < -0.39 is 15.6 Å². The maximum atomic E-state index is 12.7. The van der Waals surface area contributed by atoms with Crippen molar-refractivity contribution in [3.05, 3.63) is 17.7 Å². The van der Waals surface area contributed by atoms with Crippen LogP contribution in [0.2, 0.25) is 0 Å². The zero-order chi connectivity index (χ0) is 17.7. The highest BCUT2D eigenvalue weighted by Crippen LogP contribution is 2.36. The van der Waals surface area contributed by atoms with E-state index in [4.69, 9.17) is 14.7 Å². The van der Waals surface area contributed by atoms with Crippen molar-refractivity contribution in [2.75, 3.05) is 13.1 Å². The third kappa shape index (κ3) is 2.80. The molecule has 25 heavy (non-hydrogen) atoms. The lowest BCUT2D eigenvalue weighted by Crippen LogP contribution is -2.34. The molecule has 1 saturated heterocycles. The summed E-state index contributed by atoms with van der Waals surface area (Å²) in [5, 5.41) is 3.99. The fourth-order valence-electron chi connectivity index (χ4n) is 3.65. The molecule has 2 fully saturated rings. The van der Waals surface area contributed by atoms with Gasteiger partial charge in [0, 0.05) is 19.2 Å². The molecule has 0 aromatic carbocycles. The second kappa shape index (κ2) is 5.93. The van der Waals surface area contributed by atoms with E-state index in [2.05, 4.69) is 10.1 Å². The molecule has 4 rings (SSSR count). The number of furan rings is 1. The Morgan fingerprint density at radius 1 is 1.20 bits per heavy atom. The van der Waals surface area contributed by atoms with Crippen LogP contribution in [0.1, 0.15) is 50.1 Å². The molecule has 1 aliphatic heterocycles. The largest absolute Gasteiger partial charge is 0.455 e. The Morgan fingerprint density at radius 2 is 1.88 bits per heavy atom. The molecule has 2 N–H and O–H groups in total. The third-order valence-corrected chi connectivity index (χ3v) is 7.14. The SMILES string of the molecule is Cc1oc(-c2nc(C3(N)CCCC3)no2)cc1S(=O)(=O)N1CCCC1. The molecule has 0 amide bonds. The number of aromatic nitrogens is 2. The standard InChI is InChI=1S/C16H22N4O4S/c1-11-13(25(21,22)20-8-4-5-9-20)10-12(23-11)14-18-15(19-24-14)16(17)6-2-3-7-16/h10H,2-9,17H2,1H3. The van der Waals surface area contributed by atoms with Gasteiger partial charge in [0.1, 0.15) is 10.7 Å². The number of nitrogens with two attached hydrogens (primary N) is 1. The van der Waals surface area contributed by atoms with Gasteiger partial charge in [-0.05, 0) is 32.6 Å². The molecule has 0 bridgehead atoms. The molecular weight excluding hydrogens is 344 g/mol. The Balaban J connectivity index is 1.66. The Morgan fingerprint density at radius 3 is 2.56 bits per heavy atom. The first-order chi connectivity index (χ1) is 11.9. The van der Waals surface area contributed by atoms with Crippen LogP contribution in [0.25, 0.3) is 11.7 Å². The Kier molecular flexibility index (Phi) is 3.97. The maximum Gasteiger partial charge on any atom is 0.293 e. The number of hydrogen-bond donors (Lipinski definition) is 1. The second-order valence-corrected chi connectivity index (χ2v) is 8.84. The monoisotopic (exact) mass is 366 g/mol. The first kappa shape index (κ1) is 16.7. The number of sulfonamides is 1. The van der Waals surface area contributed by atoms with Crippen LogP contribution in [-0.2, 0) is 15.6 Å². The lowest BCUT2D eigenvalue weighted by molar-refractivity contribution is 0.367. The van der Waals surface area contributed by atoms with E-state index in [9.17, 15) is 8.42 Å². The van der Waals surface area contributed by atoms with Gasteiger partial charge in [-0.25, -0.2) is 8.42 Å². The van der Waals surface area contributed by atoms with Gasteiger partial charge < -0.3 is 14.7 Å². The normalized spacial score (nSPS) is 21.2. The molecule has 8 nitrogen and oxygen atoms in total. The summed E-state index contributed by atoms with van der Waals surface area (Å²) in [4.78, 5) is 4.52. The summed E-state index contributed by atoms with van der Waals surface area (Å²) in [5.74, 6) is 1.20. The zero-order valence-electron chi connectivity index (χ0n) is 14.2. The van der Waals surface area contributed by atoms with Gasteiger partial charge in [0.25, 0.3) is 5.89 Å². The van der Waals surface area contributed by atoms with Crippen LogP contribution in [0, 0.1) is 6.92 Å². The average Bonchev–Trinajstić information content (AvgIpc) is 3.34. The Bertz CT molecular complexity index is 874. The van der Waals surface area contributed by atoms with Gasteiger partial charge >= 0.3 is 0 Å². The van der Waals surface area contributed by atoms with Crippen LogP contribution in [-0.4, -0.2) is 36.0 Å². The molecule has 2 aromatic rings. The van der Waals surface area contributed by atoms with Crippen molar-refractivity contribution in [1.29, 1.82) is 0 Å². The third-order valence-electron chi connectivity index (χ3n) is 5.13. The van der Waals surface area contributed by atoms with Crippen molar-refractivity contribution in [1.82, 2.24) is 14.4 Å². The minimum absolute atomic E-state index is 0.160. The number of rotatable bonds is 4. The molecule has 9 heteroatoms. The highest BCUT2D eigenvalue weighted by atomic mass is 32.2. The van der Waals surface area contributed by atoms with Crippen LogP contribution in [0.5, 0.6) is 0 Å². The number of aryl methyl sites for hydroxylation is 1. The lowest BCUT2D eigenvalue weighted by atomic mass is 9.99. The van der Waals surface area contributed by atoms with Crippen molar-refractivity contribution in [3.8, 4) is 11.7 Å². The predicted molar refractivity (Wildman–Crippen MR) is 89.1 cm³/mol. The van der Waals surface area contributed by atoms with Crippen molar-refractivity contribution in [2.24, 2.45) is 5.73 Å². The molecular formula is C16H22N4O4S. The fraction of sp³-hybridized carbons (Fsp3) is 0.625. The Labute approximate surface area is 146 Å². The average molecular weight is 366 g/mol. The smallest absolute Gasteiger partial charge is 0.293 e. The molecule has 1 aliphatic carbocycles. The van der Waals surface area contributed by atoms with Gasteiger partial charge in [0.2, 0.25) is 10.0 Å². The minimum Gasteiger partial charge on any atom is -0.455 e. The zero-order valence-corrected chi connectivity index (χ0v) is 15.0. The molecule has 3 heterocycles. The summed E-state index contributed by atoms with van der Waals surface area (Å²) in [5.41, 5.74) is 5.78. The summed E-state index contributed by atoms with van der Waals surface area (Å²) in [6.07, 6.45) is 5.48. The van der Waals surface area contributed by atoms with Crippen LogP contribution < -0.4 is 5.73 Å². The Hall–Kier alpha value is -1.71. The van der Waals surface area contributed by atoms with Gasteiger partial charge in [-0.3, -0.25) is 0 Å². The molecule has 0 unspecified atom stereocenters. The summed E-state index contributed by atoms with van der Waals surface area (Å²) in [6.45, 7) is 2.72. The molecule has 0 spiro atoms. The minimum atomic E-state index is -3.55. The van der Waals surface area contributed by atoms with E-state index in [1.165, 1.54) is 10.4 Å². The molecule has 0 radical (unpaired) electrons. The summed E-state index contributed by atoms with van der Waals surface area (Å²) in [7, 11) is -3.55. The molecule has 2 aromatic heterocycles. The molecule has 2 aliphatic rings. The van der Waals surface area contributed by atoms with E-state index >= 15 is 0 Å². The van der Waals surface area contributed by atoms with Crippen LogP contribution in [0.15, 0.2) is 19.9 Å². The highest BCUT2D eigenvalue weighted by Gasteiger charge is 2.37. The molecule has 0 atom stereocenters. The summed E-state index contributed by atoms with van der Waals surface area (Å²) < 4.78 is 37.9. The topological polar surface area (TPSA) is 115 Å². The van der Waals surface area contributed by atoms with Crippen LogP contribution in [0.3, 0.4) is 0 Å². The van der Waals surface area contributed by atoms with Crippen molar-refractivity contribution >= 4 is 10.0 Å². The first-order valence-electron chi connectivity index (χ1n) is 8.64.